The zero-order chi connectivity index (χ0) is 10.8. The summed E-state index contributed by atoms with van der Waals surface area (Å²) in [6, 6.07) is 2.22. The van der Waals surface area contributed by atoms with Crippen molar-refractivity contribution in [2.75, 3.05) is 26.8 Å². The summed E-state index contributed by atoms with van der Waals surface area (Å²) in [5.41, 5.74) is 1.49. The van der Waals surface area contributed by atoms with E-state index in [1.165, 1.54) is 31.2 Å². The molecule has 0 radical (unpaired) electrons. The van der Waals surface area contributed by atoms with Crippen LogP contribution < -0.4 is 5.32 Å². The number of ether oxygens (including phenoxy) is 1. The van der Waals surface area contributed by atoms with E-state index in [1.54, 1.807) is 18.4 Å². The van der Waals surface area contributed by atoms with Crippen LogP contribution in [0.25, 0.3) is 0 Å². The fourth-order valence-corrected chi connectivity index (χ4v) is 2.19. The van der Waals surface area contributed by atoms with Gasteiger partial charge in [0.1, 0.15) is 0 Å². The summed E-state index contributed by atoms with van der Waals surface area (Å²) in [5, 5.41) is 7.76. The van der Waals surface area contributed by atoms with Crippen LogP contribution in [0.5, 0.6) is 0 Å². The fraction of sp³-hybridized carbons (Fsp3) is 0.667. The van der Waals surface area contributed by atoms with Gasteiger partial charge >= 0.3 is 0 Å². The molecule has 1 heterocycles. The topological polar surface area (TPSA) is 21.3 Å². The second-order valence-electron chi connectivity index (χ2n) is 3.69. The van der Waals surface area contributed by atoms with E-state index in [1.807, 2.05) is 0 Å². The van der Waals surface area contributed by atoms with Gasteiger partial charge in [0.15, 0.2) is 0 Å². The molecule has 0 spiro atoms. The van der Waals surface area contributed by atoms with Crippen LogP contribution >= 0.6 is 11.3 Å². The minimum Gasteiger partial charge on any atom is -0.383 e. The molecule has 0 atom stereocenters. The molecule has 0 bridgehead atoms. The standard InChI is InChI=1S/C12H21NOS/c1-14-9-8-13-7-4-2-3-5-12-6-10-15-11-12/h6,10-11,13H,2-5,7-9H2,1H3. The minimum absolute atomic E-state index is 0.814. The van der Waals surface area contributed by atoms with Crippen LogP contribution in [0.2, 0.25) is 0 Å². The number of hydrogen-bond acceptors (Lipinski definition) is 3. The normalized spacial score (nSPS) is 10.7. The van der Waals surface area contributed by atoms with Crippen LogP contribution in [0.1, 0.15) is 24.8 Å². The highest BCUT2D eigenvalue weighted by molar-refractivity contribution is 7.07. The van der Waals surface area contributed by atoms with E-state index in [4.69, 9.17) is 4.74 Å². The number of hydrogen-bond donors (Lipinski definition) is 1. The van der Waals surface area contributed by atoms with Crippen molar-refractivity contribution in [3.05, 3.63) is 22.4 Å². The lowest BCUT2D eigenvalue weighted by molar-refractivity contribution is 0.199. The Balaban J connectivity index is 1.81. The molecule has 0 aromatic carbocycles. The number of methoxy groups -OCH3 is 1. The molecule has 2 nitrogen and oxygen atoms in total. The van der Waals surface area contributed by atoms with Gasteiger partial charge in [-0.15, -0.1) is 0 Å². The Labute approximate surface area is 96.7 Å². The van der Waals surface area contributed by atoms with E-state index >= 15 is 0 Å². The summed E-state index contributed by atoms with van der Waals surface area (Å²) in [6.07, 6.45) is 5.13. The predicted molar refractivity (Wildman–Crippen MR) is 66.6 cm³/mol. The summed E-state index contributed by atoms with van der Waals surface area (Å²) in [7, 11) is 1.74. The Morgan fingerprint density at radius 3 is 2.93 bits per heavy atom. The molecule has 0 aliphatic rings. The van der Waals surface area contributed by atoms with E-state index in [9.17, 15) is 0 Å². The highest BCUT2D eigenvalue weighted by Gasteiger charge is 1.93. The molecule has 15 heavy (non-hydrogen) atoms. The van der Waals surface area contributed by atoms with E-state index in [2.05, 4.69) is 22.1 Å². The number of nitrogens with one attached hydrogen (secondary N) is 1. The Bertz CT molecular complexity index is 224. The van der Waals surface area contributed by atoms with Gasteiger partial charge < -0.3 is 10.1 Å². The molecule has 1 aromatic rings. The van der Waals surface area contributed by atoms with E-state index < -0.39 is 0 Å². The third kappa shape index (κ3) is 6.66. The molecule has 0 amide bonds. The molecule has 0 unspecified atom stereocenters. The molecular weight excluding hydrogens is 206 g/mol. The third-order valence-electron chi connectivity index (χ3n) is 2.38. The summed E-state index contributed by atoms with van der Waals surface area (Å²) in [5.74, 6) is 0. The largest absolute Gasteiger partial charge is 0.383 e. The zero-order valence-corrected chi connectivity index (χ0v) is 10.3. The van der Waals surface area contributed by atoms with Crippen molar-refractivity contribution in [1.82, 2.24) is 5.32 Å². The summed E-state index contributed by atoms with van der Waals surface area (Å²) in [4.78, 5) is 0. The Morgan fingerprint density at radius 1 is 1.27 bits per heavy atom. The first kappa shape index (κ1) is 12.7. The van der Waals surface area contributed by atoms with E-state index in [0.29, 0.717) is 0 Å². The Morgan fingerprint density at radius 2 is 2.20 bits per heavy atom. The van der Waals surface area contributed by atoms with Crippen LogP contribution in [-0.4, -0.2) is 26.8 Å². The lowest BCUT2D eigenvalue weighted by Crippen LogP contribution is -2.20. The molecule has 1 N–H and O–H groups in total. The number of aryl methyl sites for hydroxylation is 1. The van der Waals surface area contributed by atoms with Crippen LogP contribution in [0.3, 0.4) is 0 Å². The molecular formula is C12H21NOS. The van der Waals surface area contributed by atoms with Gasteiger partial charge in [-0.2, -0.15) is 11.3 Å². The summed E-state index contributed by atoms with van der Waals surface area (Å²) >= 11 is 1.79. The van der Waals surface area contributed by atoms with E-state index in [0.717, 1.165) is 19.7 Å². The number of unbranched alkanes of at least 4 members (excludes halogenated alkanes) is 2. The van der Waals surface area contributed by atoms with Gasteiger partial charge in [0.2, 0.25) is 0 Å². The number of thiophene rings is 1. The Kier molecular flexibility index (Phi) is 7.52. The highest BCUT2D eigenvalue weighted by Crippen LogP contribution is 2.10. The van der Waals surface area contributed by atoms with E-state index in [-0.39, 0.29) is 0 Å². The van der Waals surface area contributed by atoms with Crippen molar-refractivity contribution in [3.8, 4) is 0 Å². The quantitative estimate of drug-likeness (QED) is 0.655. The molecule has 0 fully saturated rings. The lowest BCUT2D eigenvalue weighted by Gasteiger charge is -2.03. The average Bonchev–Trinajstić information content (AvgIpc) is 2.75. The molecule has 0 aliphatic heterocycles. The maximum Gasteiger partial charge on any atom is 0.0587 e. The van der Waals surface area contributed by atoms with Crippen molar-refractivity contribution in [2.24, 2.45) is 0 Å². The molecule has 1 aromatic heterocycles. The monoisotopic (exact) mass is 227 g/mol. The van der Waals surface area contributed by atoms with Gasteiger partial charge in [0, 0.05) is 13.7 Å². The molecule has 86 valence electrons. The van der Waals surface area contributed by atoms with Crippen molar-refractivity contribution in [1.29, 1.82) is 0 Å². The molecule has 1 rings (SSSR count). The highest BCUT2D eigenvalue weighted by atomic mass is 32.1. The maximum atomic E-state index is 4.96. The van der Waals surface area contributed by atoms with Crippen LogP contribution in [0.15, 0.2) is 16.8 Å². The minimum atomic E-state index is 0.814. The van der Waals surface area contributed by atoms with Gasteiger partial charge in [0.05, 0.1) is 6.61 Å². The zero-order valence-electron chi connectivity index (χ0n) is 9.50. The Hall–Kier alpha value is -0.380. The third-order valence-corrected chi connectivity index (χ3v) is 3.11. The molecule has 0 aliphatic carbocycles. The van der Waals surface area contributed by atoms with Gasteiger partial charge in [-0.05, 0) is 48.2 Å². The SMILES string of the molecule is COCCNCCCCCc1ccsc1. The smallest absolute Gasteiger partial charge is 0.0587 e. The first-order valence-electron chi connectivity index (χ1n) is 5.64. The summed E-state index contributed by atoms with van der Waals surface area (Å²) < 4.78 is 4.96. The average molecular weight is 227 g/mol. The maximum absolute atomic E-state index is 4.96. The van der Waals surface area contributed by atoms with Crippen LogP contribution in [-0.2, 0) is 11.2 Å². The van der Waals surface area contributed by atoms with Crippen LogP contribution in [0, 0.1) is 0 Å². The summed E-state index contributed by atoms with van der Waals surface area (Å²) in [6.45, 7) is 2.91. The molecule has 0 saturated heterocycles. The van der Waals surface area contributed by atoms with Crippen molar-refractivity contribution < 1.29 is 4.74 Å². The number of rotatable bonds is 9. The fourth-order valence-electron chi connectivity index (χ4n) is 1.49. The predicted octanol–water partition coefficient (Wildman–Crippen LogP) is 2.70. The molecule has 0 saturated carbocycles. The van der Waals surface area contributed by atoms with Crippen LogP contribution in [0.4, 0.5) is 0 Å². The second-order valence-corrected chi connectivity index (χ2v) is 4.47. The second kappa shape index (κ2) is 8.89. The van der Waals surface area contributed by atoms with Gasteiger partial charge in [-0.25, -0.2) is 0 Å². The van der Waals surface area contributed by atoms with Gasteiger partial charge in [0.25, 0.3) is 0 Å². The molecule has 3 heteroatoms. The van der Waals surface area contributed by atoms with Crippen molar-refractivity contribution in [2.45, 2.75) is 25.7 Å². The van der Waals surface area contributed by atoms with Crippen molar-refractivity contribution in [3.63, 3.8) is 0 Å². The van der Waals surface area contributed by atoms with Gasteiger partial charge in [-0.3, -0.25) is 0 Å². The first-order valence-corrected chi connectivity index (χ1v) is 6.58. The van der Waals surface area contributed by atoms with Crippen molar-refractivity contribution >= 4 is 11.3 Å². The van der Waals surface area contributed by atoms with Gasteiger partial charge in [-0.1, -0.05) is 6.42 Å². The first-order chi connectivity index (χ1) is 7.43. The lowest BCUT2D eigenvalue weighted by atomic mass is 10.1.